The first-order valence-electron chi connectivity index (χ1n) is 9.43. The van der Waals surface area contributed by atoms with Crippen molar-refractivity contribution in [1.29, 1.82) is 0 Å². The summed E-state index contributed by atoms with van der Waals surface area (Å²) < 4.78 is 50.7. The first-order chi connectivity index (χ1) is 13.7. The fraction of sp³-hybridized carbons (Fsp3) is 0.409. The Morgan fingerprint density at radius 2 is 2.00 bits per heavy atom. The zero-order valence-electron chi connectivity index (χ0n) is 16.2. The van der Waals surface area contributed by atoms with Crippen LogP contribution < -0.4 is 4.74 Å². The Morgan fingerprint density at radius 3 is 2.59 bits per heavy atom. The van der Waals surface area contributed by atoms with Crippen LogP contribution in [0.3, 0.4) is 0 Å². The molecule has 0 heterocycles. The van der Waals surface area contributed by atoms with Crippen molar-refractivity contribution in [2.24, 2.45) is 0 Å². The maximum absolute atomic E-state index is 13.1. The Kier molecular flexibility index (Phi) is 8.08. The van der Waals surface area contributed by atoms with Crippen LogP contribution >= 0.6 is 0 Å². The highest BCUT2D eigenvalue weighted by molar-refractivity contribution is 5.67. The molecule has 2 atom stereocenters. The van der Waals surface area contributed by atoms with E-state index in [4.69, 9.17) is 14.6 Å². The second kappa shape index (κ2) is 10.3. The van der Waals surface area contributed by atoms with Crippen molar-refractivity contribution in [2.75, 3.05) is 6.61 Å². The van der Waals surface area contributed by atoms with Gasteiger partial charge in [-0.2, -0.15) is 13.2 Å². The minimum atomic E-state index is -4.43. The van der Waals surface area contributed by atoms with Crippen LogP contribution in [0.5, 0.6) is 5.75 Å². The number of hydrogen-bond acceptors (Lipinski definition) is 3. The number of halogens is 3. The average molecular weight is 410 g/mol. The molecule has 1 aliphatic rings. The fourth-order valence-corrected chi connectivity index (χ4v) is 3.09. The molecular weight excluding hydrogens is 385 g/mol. The molecule has 0 amide bonds. The molecule has 1 aliphatic carbocycles. The van der Waals surface area contributed by atoms with E-state index in [-0.39, 0.29) is 24.5 Å². The monoisotopic (exact) mass is 410 g/mol. The number of alkyl halides is 3. The molecule has 29 heavy (non-hydrogen) atoms. The van der Waals surface area contributed by atoms with E-state index in [1.165, 1.54) is 6.08 Å². The second-order valence-electron chi connectivity index (χ2n) is 6.73. The summed E-state index contributed by atoms with van der Waals surface area (Å²) in [7, 11) is 0. The number of carbonyl (C=O) groups is 1. The SMILES string of the molecule is C=C1CCC(Oc2ccc([C@H](CC(=O)O)OCC)cc2)C/C=C\C=C/1C(F)(F)F. The lowest BCUT2D eigenvalue weighted by atomic mass is 10.0. The maximum Gasteiger partial charge on any atom is 0.416 e. The molecule has 0 saturated carbocycles. The molecule has 0 aliphatic heterocycles. The van der Waals surface area contributed by atoms with Gasteiger partial charge in [-0.15, -0.1) is 0 Å². The van der Waals surface area contributed by atoms with E-state index in [9.17, 15) is 18.0 Å². The molecule has 2 rings (SSSR count). The molecule has 0 bridgehead atoms. The quantitative estimate of drug-likeness (QED) is 0.620. The van der Waals surface area contributed by atoms with E-state index in [0.717, 1.165) is 11.6 Å². The summed E-state index contributed by atoms with van der Waals surface area (Å²) in [6.45, 7) is 5.77. The van der Waals surface area contributed by atoms with E-state index in [1.54, 1.807) is 37.3 Å². The highest BCUT2D eigenvalue weighted by Crippen LogP contribution is 2.34. The summed E-state index contributed by atoms with van der Waals surface area (Å²) in [6, 6.07) is 6.92. The van der Waals surface area contributed by atoms with Crippen molar-refractivity contribution in [3.8, 4) is 5.75 Å². The van der Waals surface area contributed by atoms with Crippen molar-refractivity contribution in [1.82, 2.24) is 0 Å². The van der Waals surface area contributed by atoms with Gasteiger partial charge in [0.2, 0.25) is 0 Å². The van der Waals surface area contributed by atoms with Gasteiger partial charge in [0.25, 0.3) is 0 Å². The van der Waals surface area contributed by atoms with Crippen LogP contribution in [0.4, 0.5) is 13.2 Å². The van der Waals surface area contributed by atoms with Gasteiger partial charge in [-0.1, -0.05) is 36.9 Å². The smallest absolute Gasteiger partial charge is 0.416 e. The molecule has 0 saturated heterocycles. The molecule has 1 N–H and O–H groups in total. The van der Waals surface area contributed by atoms with Gasteiger partial charge < -0.3 is 14.6 Å². The molecule has 158 valence electrons. The van der Waals surface area contributed by atoms with Gasteiger partial charge in [0.05, 0.1) is 18.1 Å². The van der Waals surface area contributed by atoms with E-state index in [0.29, 0.717) is 25.2 Å². The summed E-state index contributed by atoms with van der Waals surface area (Å²) in [5.41, 5.74) is 0.0590. The Morgan fingerprint density at radius 1 is 1.31 bits per heavy atom. The third-order valence-corrected chi connectivity index (χ3v) is 4.53. The summed E-state index contributed by atoms with van der Waals surface area (Å²) in [5, 5.41) is 9.01. The topological polar surface area (TPSA) is 55.8 Å². The number of hydrogen-bond donors (Lipinski definition) is 1. The second-order valence-corrected chi connectivity index (χ2v) is 6.73. The van der Waals surface area contributed by atoms with Gasteiger partial charge in [0, 0.05) is 13.0 Å². The third kappa shape index (κ3) is 7.09. The average Bonchev–Trinajstić information content (AvgIpc) is 2.72. The predicted octanol–water partition coefficient (Wildman–Crippen LogP) is 5.77. The molecule has 0 fully saturated rings. The highest BCUT2D eigenvalue weighted by Gasteiger charge is 2.35. The molecular formula is C22H25F3O4. The van der Waals surface area contributed by atoms with Crippen molar-refractivity contribution in [3.63, 3.8) is 0 Å². The van der Waals surface area contributed by atoms with Gasteiger partial charge in [-0.3, -0.25) is 4.79 Å². The number of ether oxygens (including phenoxy) is 2. The standard InChI is InChI=1S/C22H25F3O4/c1-3-28-20(14-21(26)27)16-9-12-18(13-10-16)29-17-6-4-5-7-19(22(23,24)25)15(2)8-11-17/h4-5,7,9-10,12-13,17,20H,2-3,6,8,11,14H2,1H3,(H,26,27)/b5-4-,19-7+/t17?,20-/m0/s1. The molecule has 7 heteroatoms. The van der Waals surface area contributed by atoms with Gasteiger partial charge in [-0.05, 0) is 43.0 Å². The predicted molar refractivity (Wildman–Crippen MR) is 104 cm³/mol. The Balaban J connectivity index is 2.03. The fourth-order valence-electron chi connectivity index (χ4n) is 3.09. The molecule has 4 nitrogen and oxygen atoms in total. The van der Waals surface area contributed by atoms with Crippen LogP contribution in [0.1, 0.15) is 44.3 Å². The molecule has 0 spiro atoms. The molecule has 0 radical (unpaired) electrons. The number of aliphatic carboxylic acids is 1. The van der Waals surface area contributed by atoms with Gasteiger partial charge >= 0.3 is 12.1 Å². The molecule has 0 aromatic heterocycles. The normalized spacial score (nSPS) is 21.9. The Labute approximate surface area is 168 Å². The Bertz CT molecular complexity index is 763. The van der Waals surface area contributed by atoms with Crippen LogP contribution in [0.15, 0.2) is 60.2 Å². The van der Waals surface area contributed by atoms with Gasteiger partial charge in [0.15, 0.2) is 0 Å². The van der Waals surface area contributed by atoms with Crippen molar-refractivity contribution in [3.05, 3.63) is 65.8 Å². The van der Waals surface area contributed by atoms with Gasteiger partial charge in [0.1, 0.15) is 11.9 Å². The van der Waals surface area contributed by atoms with Crippen LogP contribution in [0, 0.1) is 0 Å². The van der Waals surface area contributed by atoms with Crippen molar-refractivity contribution in [2.45, 2.75) is 51.0 Å². The number of benzene rings is 1. The van der Waals surface area contributed by atoms with Crippen LogP contribution in [0.2, 0.25) is 0 Å². The lowest BCUT2D eigenvalue weighted by Gasteiger charge is -2.20. The maximum atomic E-state index is 13.1. The summed E-state index contributed by atoms with van der Waals surface area (Å²) >= 11 is 0. The van der Waals surface area contributed by atoms with Crippen LogP contribution in [-0.2, 0) is 9.53 Å². The van der Waals surface area contributed by atoms with Gasteiger partial charge in [-0.25, -0.2) is 0 Å². The zero-order chi connectivity index (χ0) is 21.4. The first kappa shape index (κ1) is 22.7. The van der Waals surface area contributed by atoms with Crippen LogP contribution in [0.25, 0.3) is 0 Å². The number of rotatable bonds is 7. The first-order valence-corrected chi connectivity index (χ1v) is 9.43. The summed E-state index contributed by atoms with van der Waals surface area (Å²) in [5.74, 6) is -0.389. The molecule has 1 unspecified atom stereocenters. The molecule has 1 aromatic rings. The number of carboxylic acids is 1. The van der Waals surface area contributed by atoms with Crippen molar-refractivity contribution < 1.29 is 32.5 Å². The molecule has 1 aromatic carbocycles. The zero-order valence-corrected chi connectivity index (χ0v) is 16.2. The minimum Gasteiger partial charge on any atom is -0.490 e. The van der Waals surface area contributed by atoms with E-state index >= 15 is 0 Å². The van der Waals surface area contributed by atoms with E-state index in [2.05, 4.69) is 6.58 Å². The highest BCUT2D eigenvalue weighted by atomic mass is 19.4. The van der Waals surface area contributed by atoms with E-state index < -0.39 is 23.8 Å². The van der Waals surface area contributed by atoms with Crippen LogP contribution in [-0.4, -0.2) is 30.0 Å². The summed E-state index contributed by atoms with van der Waals surface area (Å²) in [4.78, 5) is 11.0. The Hall–Kier alpha value is -2.54. The third-order valence-electron chi connectivity index (χ3n) is 4.53. The minimum absolute atomic E-state index is 0.0428. The largest absolute Gasteiger partial charge is 0.490 e. The summed E-state index contributed by atoms with van der Waals surface area (Å²) in [6.07, 6.45) is -0.264. The van der Waals surface area contributed by atoms with Crippen molar-refractivity contribution >= 4 is 5.97 Å². The lowest BCUT2D eigenvalue weighted by Crippen LogP contribution is -2.17. The lowest BCUT2D eigenvalue weighted by molar-refractivity contribution is -0.140. The number of allylic oxidation sites excluding steroid dienone is 4. The number of carboxylic acid groups (broad SMARTS) is 1. The van der Waals surface area contributed by atoms with E-state index in [1.807, 2.05) is 0 Å².